The van der Waals surface area contributed by atoms with Crippen LogP contribution in [-0.4, -0.2) is 22.3 Å². The highest BCUT2D eigenvalue weighted by Gasteiger charge is 2.25. The average molecular weight is 342 g/mol. The van der Waals surface area contributed by atoms with Crippen molar-refractivity contribution in [3.63, 3.8) is 0 Å². The summed E-state index contributed by atoms with van der Waals surface area (Å²) in [6.07, 6.45) is 0. The first-order valence-electron chi connectivity index (χ1n) is 8.81. The summed E-state index contributed by atoms with van der Waals surface area (Å²) >= 11 is 0. The number of hydrogen-bond donors (Lipinski definition) is 4. The molecule has 0 unspecified atom stereocenters. The molecule has 0 amide bonds. The fourth-order valence-corrected chi connectivity index (χ4v) is 2.87. The zero-order chi connectivity index (χ0) is 18.8. The Labute approximate surface area is 150 Å². The molecule has 0 fully saturated rings. The lowest BCUT2D eigenvalue weighted by molar-refractivity contribution is 0.475. The Morgan fingerprint density at radius 1 is 0.720 bits per heavy atom. The van der Waals surface area contributed by atoms with Gasteiger partial charge in [0.2, 0.25) is 0 Å². The average Bonchev–Trinajstić information content (AvgIpc) is 2.50. The van der Waals surface area contributed by atoms with Gasteiger partial charge >= 0.3 is 0 Å². The van der Waals surface area contributed by atoms with Crippen molar-refractivity contribution < 1.29 is 10.2 Å². The Morgan fingerprint density at radius 3 is 1.40 bits per heavy atom. The van der Waals surface area contributed by atoms with Crippen LogP contribution in [0.2, 0.25) is 0 Å². The molecule has 136 valence electrons. The second-order valence-corrected chi connectivity index (χ2v) is 7.69. The molecule has 4 N–H and O–H groups in total. The number of hydrogen-bond acceptors (Lipinski definition) is 4. The minimum atomic E-state index is -0.276. The minimum absolute atomic E-state index is 0.236. The highest BCUT2D eigenvalue weighted by atomic mass is 16.3. The summed E-state index contributed by atoms with van der Waals surface area (Å²) in [5, 5.41) is 26.8. The van der Waals surface area contributed by atoms with Crippen LogP contribution >= 0.6 is 0 Å². The summed E-state index contributed by atoms with van der Waals surface area (Å²) in [4.78, 5) is 0. The van der Waals surface area contributed by atoms with Crippen molar-refractivity contribution in [3.8, 4) is 11.5 Å². The number of phenols is 2. The van der Waals surface area contributed by atoms with Crippen molar-refractivity contribution in [2.45, 2.75) is 59.0 Å². The van der Waals surface area contributed by atoms with Crippen LogP contribution in [0.1, 0.15) is 52.7 Å². The fourth-order valence-electron chi connectivity index (χ4n) is 2.87. The summed E-state index contributed by atoms with van der Waals surface area (Å²) < 4.78 is 0. The Kier molecular flexibility index (Phi) is 5.51. The third-order valence-electron chi connectivity index (χ3n) is 4.32. The Hall–Kier alpha value is -2.36. The number of rotatable bonds is 6. The first-order valence-corrected chi connectivity index (χ1v) is 8.81. The van der Waals surface area contributed by atoms with Gasteiger partial charge in [0.1, 0.15) is 11.5 Å². The predicted molar refractivity (Wildman–Crippen MR) is 106 cm³/mol. The van der Waals surface area contributed by atoms with Gasteiger partial charge in [0, 0.05) is 17.5 Å². The van der Waals surface area contributed by atoms with Crippen LogP contribution < -0.4 is 10.6 Å². The van der Waals surface area contributed by atoms with Crippen molar-refractivity contribution >= 4 is 11.4 Å². The number of benzene rings is 2. The largest absolute Gasteiger partial charge is 0.506 e. The molecule has 0 atom stereocenters. The van der Waals surface area contributed by atoms with Crippen molar-refractivity contribution in [1.29, 1.82) is 0 Å². The quantitative estimate of drug-likeness (QED) is 0.554. The van der Waals surface area contributed by atoms with Crippen molar-refractivity contribution in [2.75, 3.05) is 10.6 Å². The molecule has 0 heterocycles. The van der Waals surface area contributed by atoms with Crippen LogP contribution in [0, 0.1) is 0 Å². The molecule has 0 radical (unpaired) electrons. The van der Waals surface area contributed by atoms with Crippen molar-refractivity contribution in [3.05, 3.63) is 47.5 Å². The molecule has 25 heavy (non-hydrogen) atoms. The second-order valence-electron chi connectivity index (χ2n) is 7.69. The van der Waals surface area contributed by atoms with E-state index < -0.39 is 0 Å². The molecule has 2 aromatic carbocycles. The molecule has 4 heteroatoms. The zero-order valence-electron chi connectivity index (χ0n) is 16.0. The summed E-state index contributed by atoms with van der Waals surface area (Å²) in [6.45, 7) is 12.5. The lowest BCUT2D eigenvalue weighted by Crippen LogP contribution is -2.20. The molecule has 0 aliphatic rings. The van der Waals surface area contributed by atoms with Gasteiger partial charge in [-0.05, 0) is 63.1 Å². The second kappa shape index (κ2) is 7.26. The van der Waals surface area contributed by atoms with E-state index in [9.17, 15) is 10.2 Å². The van der Waals surface area contributed by atoms with Crippen LogP contribution in [0.25, 0.3) is 0 Å². The Bertz CT molecular complexity index is 675. The van der Waals surface area contributed by atoms with E-state index in [-0.39, 0.29) is 29.0 Å². The van der Waals surface area contributed by atoms with E-state index in [1.165, 1.54) is 0 Å². The molecule has 0 aliphatic heterocycles. The van der Waals surface area contributed by atoms with Crippen LogP contribution in [0.15, 0.2) is 36.4 Å². The van der Waals surface area contributed by atoms with Gasteiger partial charge in [-0.2, -0.15) is 0 Å². The Morgan fingerprint density at radius 2 is 1.08 bits per heavy atom. The molecule has 0 spiro atoms. The molecule has 0 bridgehead atoms. The molecule has 2 aromatic rings. The number of nitrogens with one attached hydrogen (secondary N) is 2. The monoisotopic (exact) mass is 342 g/mol. The number of anilines is 2. The smallest absolute Gasteiger partial charge is 0.138 e. The molecular formula is C21H30N2O2. The molecule has 0 saturated carbocycles. The maximum atomic E-state index is 10.1. The normalized spacial score (nSPS) is 11.8. The molecular weight excluding hydrogens is 312 g/mol. The third kappa shape index (κ3) is 4.38. The standard InChI is InChI=1S/C21H30N2O2/c1-13(2)22-17-11-15(7-9-19(17)24)21(5,6)16-8-10-20(25)18(12-16)23-14(3)4/h7-14,22-25H,1-6H3. The van der Waals surface area contributed by atoms with E-state index in [2.05, 4.69) is 24.5 Å². The SMILES string of the molecule is CC(C)Nc1cc(C(C)(C)c2ccc(O)c(NC(C)C)c2)ccc1O. The van der Waals surface area contributed by atoms with Crippen LogP contribution in [-0.2, 0) is 5.41 Å². The lowest BCUT2D eigenvalue weighted by Gasteiger charge is -2.28. The van der Waals surface area contributed by atoms with E-state index in [0.29, 0.717) is 0 Å². The van der Waals surface area contributed by atoms with Crippen molar-refractivity contribution in [1.82, 2.24) is 0 Å². The molecule has 0 saturated heterocycles. The van der Waals surface area contributed by atoms with Gasteiger partial charge in [0.05, 0.1) is 11.4 Å². The highest BCUT2D eigenvalue weighted by molar-refractivity contribution is 5.62. The summed E-state index contributed by atoms with van der Waals surface area (Å²) in [5.74, 6) is 0.502. The number of phenolic OH excluding ortho intramolecular Hbond substituents is 2. The van der Waals surface area contributed by atoms with Crippen LogP contribution in [0.5, 0.6) is 11.5 Å². The maximum absolute atomic E-state index is 10.1. The fraction of sp³-hybridized carbons (Fsp3) is 0.429. The Balaban J connectivity index is 2.44. The van der Waals surface area contributed by atoms with E-state index in [1.54, 1.807) is 12.1 Å². The van der Waals surface area contributed by atoms with E-state index in [4.69, 9.17) is 0 Å². The molecule has 2 rings (SSSR count). The molecule has 4 nitrogen and oxygen atoms in total. The van der Waals surface area contributed by atoms with E-state index in [1.807, 2.05) is 52.0 Å². The van der Waals surface area contributed by atoms with E-state index >= 15 is 0 Å². The van der Waals surface area contributed by atoms with E-state index in [0.717, 1.165) is 22.5 Å². The minimum Gasteiger partial charge on any atom is -0.506 e. The molecule has 0 aliphatic carbocycles. The predicted octanol–water partition coefficient (Wildman–Crippen LogP) is 5.06. The van der Waals surface area contributed by atoms with Gasteiger partial charge in [-0.3, -0.25) is 0 Å². The lowest BCUT2D eigenvalue weighted by atomic mass is 9.77. The zero-order valence-corrected chi connectivity index (χ0v) is 16.0. The summed E-state index contributed by atoms with van der Waals surface area (Å²) in [7, 11) is 0. The number of aromatic hydroxyl groups is 2. The van der Waals surface area contributed by atoms with Gasteiger partial charge in [0.25, 0.3) is 0 Å². The first-order chi connectivity index (χ1) is 11.6. The van der Waals surface area contributed by atoms with Crippen LogP contribution in [0.4, 0.5) is 11.4 Å². The van der Waals surface area contributed by atoms with Gasteiger partial charge in [0.15, 0.2) is 0 Å². The first kappa shape index (κ1) is 19.0. The van der Waals surface area contributed by atoms with Crippen LogP contribution in [0.3, 0.4) is 0 Å². The van der Waals surface area contributed by atoms with Crippen molar-refractivity contribution in [2.24, 2.45) is 0 Å². The maximum Gasteiger partial charge on any atom is 0.138 e. The summed E-state index contributed by atoms with van der Waals surface area (Å²) in [6, 6.07) is 11.8. The van der Waals surface area contributed by atoms with Gasteiger partial charge in [-0.15, -0.1) is 0 Å². The summed E-state index contributed by atoms with van der Waals surface area (Å²) in [5.41, 5.74) is 3.38. The third-order valence-corrected chi connectivity index (χ3v) is 4.32. The highest BCUT2D eigenvalue weighted by Crippen LogP contribution is 2.38. The topological polar surface area (TPSA) is 64.5 Å². The van der Waals surface area contributed by atoms with Gasteiger partial charge < -0.3 is 20.8 Å². The molecule has 0 aromatic heterocycles. The van der Waals surface area contributed by atoms with Gasteiger partial charge in [-0.25, -0.2) is 0 Å². The van der Waals surface area contributed by atoms with Gasteiger partial charge in [-0.1, -0.05) is 26.0 Å².